The minimum absolute atomic E-state index is 0. The van der Waals surface area contributed by atoms with Gasteiger partial charge in [0, 0.05) is 0 Å². The van der Waals surface area contributed by atoms with Gasteiger partial charge in [0.2, 0.25) is 0 Å². The van der Waals surface area contributed by atoms with Crippen molar-refractivity contribution in [2.75, 3.05) is 0 Å². The van der Waals surface area contributed by atoms with E-state index >= 15 is 0 Å². The molecule has 0 radical (unpaired) electrons. The summed E-state index contributed by atoms with van der Waals surface area (Å²) in [5.41, 5.74) is 0.576. The Morgan fingerprint density at radius 1 is 0.893 bits per heavy atom. The van der Waals surface area contributed by atoms with E-state index in [2.05, 4.69) is 20.8 Å². The molecule has 4 aliphatic rings. The van der Waals surface area contributed by atoms with Crippen molar-refractivity contribution in [2.24, 2.45) is 46.8 Å². The van der Waals surface area contributed by atoms with Crippen LogP contribution in [0.15, 0.2) is 0 Å². The van der Waals surface area contributed by atoms with E-state index in [0.717, 1.165) is 41.9 Å². The Hall–Kier alpha value is -0.0400. The Morgan fingerprint density at radius 3 is 2.36 bits per heavy atom. The number of aliphatic hydroxyl groups excluding tert-OH is 1. The van der Waals surface area contributed by atoms with Gasteiger partial charge >= 0.3 is 0 Å². The SMILES string of the molecule is C.CCCCCC[C@@H](C)C1CCC2C3C[C@H](O)C4CCCCC4[C@H]3CCC21C. The topological polar surface area (TPSA) is 20.2 Å². The van der Waals surface area contributed by atoms with E-state index < -0.39 is 0 Å². The molecule has 0 aromatic rings. The molecule has 4 fully saturated rings. The first-order chi connectivity index (χ1) is 13.1. The van der Waals surface area contributed by atoms with Gasteiger partial charge in [-0.05, 0) is 91.8 Å². The Kier molecular flexibility index (Phi) is 7.60. The second-order valence-electron chi connectivity index (χ2n) is 11.4. The fourth-order valence-electron chi connectivity index (χ4n) is 8.91. The van der Waals surface area contributed by atoms with Crippen molar-refractivity contribution in [3.05, 3.63) is 0 Å². The third kappa shape index (κ3) is 3.95. The predicted molar refractivity (Wildman–Crippen MR) is 121 cm³/mol. The number of hydrogen-bond donors (Lipinski definition) is 1. The van der Waals surface area contributed by atoms with Crippen molar-refractivity contribution in [1.82, 2.24) is 0 Å². The van der Waals surface area contributed by atoms with Crippen molar-refractivity contribution >= 4 is 0 Å². The molecule has 164 valence electrons. The van der Waals surface area contributed by atoms with E-state index in [1.54, 1.807) is 0 Å². The zero-order valence-corrected chi connectivity index (χ0v) is 18.5. The molecule has 4 rings (SSSR count). The van der Waals surface area contributed by atoms with E-state index in [-0.39, 0.29) is 13.5 Å². The average molecular weight is 391 g/mol. The van der Waals surface area contributed by atoms with Gasteiger partial charge in [0.05, 0.1) is 6.10 Å². The van der Waals surface area contributed by atoms with Gasteiger partial charge in [-0.15, -0.1) is 0 Å². The van der Waals surface area contributed by atoms with E-state index in [1.165, 1.54) is 83.5 Å². The quantitative estimate of drug-likeness (QED) is 0.458. The third-order valence-corrected chi connectivity index (χ3v) is 10.2. The van der Waals surface area contributed by atoms with Gasteiger partial charge < -0.3 is 5.11 Å². The predicted octanol–water partition coefficient (Wildman–Crippen LogP) is 7.86. The molecule has 28 heavy (non-hydrogen) atoms. The standard InChI is InChI=1S/C26H46O.CH4/c1-4-5-6-7-10-18(2)23-13-14-24-22-17-25(27)21-12-9-8-11-19(21)20(22)15-16-26(23,24)3;/h18-25,27H,4-17H2,1-3H3;1H4/t18-,19?,20-,21?,22?,23?,24?,25+,26?;/m1./s1. The van der Waals surface area contributed by atoms with Crippen LogP contribution in [0.1, 0.15) is 118 Å². The first-order valence-electron chi connectivity index (χ1n) is 12.7. The maximum absolute atomic E-state index is 11.0. The van der Waals surface area contributed by atoms with Gasteiger partial charge in [-0.25, -0.2) is 0 Å². The summed E-state index contributed by atoms with van der Waals surface area (Å²) in [4.78, 5) is 0. The molecule has 1 heteroatoms. The van der Waals surface area contributed by atoms with Crippen molar-refractivity contribution in [3.63, 3.8) is 0 Å². The Bertz CT molecular complexity index is 487. The lowest BCUT2D eigenvalue weighted by Gasteiger charge is -2.57. The van der Waals surface area contributed by atoms with Gasteiger partial charge in [-0.1, -0.05) is 73.1 Å². The summed E-state index contributed by atoms with van der Waals surface area (Å²) in [6.45, 7) is 7.57. The van der Waals surface area contributed by atoms with Crippen LogP contribution < -0.4 is 0 Å². The highest BCUT2D eigenvalue weighted by atomic mass is 16.3. The molecule has 0 aliphatic heterocycles. The summed E-state index contributed by atoms with van der Waals surface area (Å²) in [6, 6.07) is 0. The first kappa shape index (κ1) is 22.6. The molecule has 0 bridgehead atoms. The van der Waals surface area contributed by atoms with Gasteiger partial charge in [0.25, 0.3) is 0 Å². The summed E-state index contributed by atoms with van der Waals surface area (Å²) >= 11 is 0. The molecule has 4 aliphatic carbocycles. The molecule has 1 nitrogen and oxygen atoms in total. The molecule has 6 unspecified atom stereocenters. The third-order valence-electron chi connectivity index (χ3n) is 10.2. The lowest BCUT2D eigenvalue weighted by atomic mass is 9.48. The molecule has 4 saturated carbocycles. The van der Waals surface area contributed by atoms with E-state index in [4.69, 9.17) is 0 Å². The monoisotopic (exact) mass is 390 g/mol. The van der Waals surface area contributed by atoms with Crippen LogP contribution in [0.3, 0.4) is 0 Å². The summed E-state index contributed by atoms with van der Waals surface area (Å²) in [5, 5.41) is 11.0. The highest BCUT2D eigenvalue weighted by Crippen LogP contribution is 2.65. The Morgan fingerprint density at radius 2 is 1.61 bits per heavy atom. The summed E-state index contributed by atoms with van der Waals surface area (Å²) < 4.78 is 0. The van der Waals surface area contributed by atoms with Crippen LogP contribution in [0.4, 0.5) is 0 Å². The molecule has 0 aromatic carbocycles. The highest BCUT2D eigenvalue weighted by Gasteiger charge is 2.58. The summed E-state index contributed by atoms with van der Waals surface area (Å²) in [5.74, 6) is 6.08. The zero-order valence-electron chi connectivity index (χ0n) is 18.5. The zero-order chi connectivity index (χ0) is 19.0. The fraction of sp³-hybridized carbons (Fsp3) is 1.00. The van der Waals surface area contributed by atoms with Crippen LogP contribution in [-0.4, -0.2) is 11.2 Å². The molecule has 0 amide bonds. The van der Waals surface area contributed by atoms with Crippen LogP contribution in [0.2, 0.25) is 0 Å². The largest absolute Gasteiger partial charge is 0.393 e. The van der Waals surface area contributed by atoms with Gasteiger partial charge in [-0.3, -0.25) is 0 Å². The molecule has 9 atom stereocenters. The van der Waals surface area contributed by atoms with Gasteiger partial charge in [-0.2, -0.15) is 0 Å². The molecule has 0 aromatic heterocycles. The molecule has 0 spiro atoms. The van der Waals surface area contributed by atoms with Gasteiger partial charge in [0.1, 0.15) is 0 Å². The summed E-state index contributed by atoms with van der Waals surface area (Å²) in [6.07, 6.45) is 19.7. The van der Waals surface area contributed by atoms with Crippen LogP contribution >= 0.6 is 0 Å². The second kappa shape index (κ2) is 9.40. The van der Waals surface area contributed by atoms with Crippen molar-refractivity contribution < 1.29 is 5.11 Å². The smallest absolute Gasteiger partial charge is 0.0574 e. The number of rotatable bonds is 6. The Labute approximate surface area is 176 Å². The van der Waals surface area contributed by atoms with Crippen molar-refractivity contribution in [2.45, 2.75) is 124 Å². The van der Waals surface area contributed by atoms with E-state index in [9.17, 15) is 5.11 Å². The molecule has 0 heterocycles. The van der Waals surface area contributed by atoms with Crippen molar-refractivity contribution in [3.8, 4) is 0 Å². The lowest BCUT2D eigenvalue weighted by Crippen LogP contribution is -2.52. The highest BCUT2D eigenvalue weighted by molar-refractivity contribution is 5.07. The minimum Gasteiger partial charge on any atom is -0.393 e. The molecular formula is C27H50O. The van der Waals surface area contributed by atoms with E-state index in [1.807, 2.05) is 0 Å². The maximum atomic E-state index is 11.0. The Balaban J connectivity index is 0.00000225. The normalized spacial score (nSPS) is 46.1. The van der Waals surface area contributed by atoms with Crippen LogP contribution in [0.25, 0.3) is 0 Å². The average Bonchev–Trinajstić information content (AvgIpc) is 3.03. The lowest BCUT2D eigenvalue weighted by molar-refractivity contribution is -0.115. The number of hydrogen-bond acceptors (Lipinski definition) is 1. The maximum Gasteiger partial charge on any atom is 0.0574 e. The minimum atomic E-state index is 0. The number of aliphatic hydroxyl groups is 1. The van der Waals surface area contributed by atoms with Crippen LogP contribution in [0.5, 0.6) is 0 Å². The fourth-order valence-corrected chi connectivity index (χ4v) is 8.91. The van der Waals surface area contributed by atoms with Gasteiger partial charge in [0.15, 0.2) is 0 Å². The van der Waals surface area contributed by atoms with Crippen LogP contribution in [0, 0.1) is 46.8 Å². The van der Waals surface area contributed by atoms with E-state index in [0.29, 0.717) is 11.3 Å². The number of fused-ring (bicyclic) bond motifs is 5. The summed E-state index contributed by atoms with van der Waals surface area (Å²) in [7, 11) is 0. The molecule has 1 N–H and O–H groups in total. The number of unbranched alkanes of at least 4 members (excludes halogenated alkanes) is 3. The molecular weight excluding hydrogens is 340 g/mol. The second-order valence-corrected chi connectivity index (χ2v) is 11.4. The first-order valence-corrected chi connectivity index (χ1v) is 12.7. The van der Waals surface area contributed by atoms with Crippen LogP contribution in [-0.2, 0) is 0 Å². The molecule has 0 saturated heterocycles. The van der Waals surface area contributed by atoms with Crippen molar-refractivity contribution in [1.29, 1.82) is 0 Å².